The van der Waals surface area contributed by atoms with E-state index in [-0.39, 0.29) is 5.43 Å². The van der Waals surface area contributed by atoms with Crippen molar-refractivity contribution in [2.45, 2.75) is 0 Å². The van der Waals surface area contributed by atoms with E-state index in [9.17, 15) is 4.79 Å². The first-order valence-corrected chi connectivity index (χ1v) is 6.04. The summed E-state index contributed by atoms with van der Waals surface area (Å²) < 4.78 is 1.94. The lowest BCUT2D eigenvalue weighted by Crippen LogP contribution is -2.01. The third-order valence-corrected chi connectivity index (χ3v) is 3.90. The molecule has 17 heavy (non-hydrogen) atoms. The van der Waals surface area contributed by atoms with Crippen molar-refractivity contribution >= 4 is 37.7 Å². The molecule has 3 rings (SSSR count). The van der Waals surface area contributed by atoms with E-state index in [1.165, 1.54) is 0 Å². The highest BCUT2D eigenvalue weighted by molar-refractivity contribution is 7.24. The number of hydrogen-bond acceptors (Lipinski definition) is 2. The van der Waals surface area contributed by atoms with Crippen LogP contribution in [0.15, 0.2) is 47.3 Å². The Labute approximate surface area is 102 Å². The molecule has 0 spiro atoms. The van der Waals surface area contributed by atoms with Gasteiger partial charge in [-0.25, -0.2) is 0 Å². The fourth-order valence-corrected chi connectivity index (χ4v) is 2.95. The number of nitrogens with zero attached hydrogens (tertiary/aromatic N) is 1. The van der Waals surface area contributed by atoms with Gasteiger partial charge in [0.05, 0.1) is 6.21 Å². The Morgan fingerprint density at radius 1 is 1.00 bits per heavy atom. The van der Waals surface area contributed by atoms with Crippen LogP contribution < -0.4 is 10.8 Å². The molecule has 3 aromatic rings. The lowest BCUT2D eigenvalue weighted by atomic mass is 10.1. The molecule has 3 heteroatoms. The van der Waals surface area contributed by atoms with Crippen LogP contribution in [0.25, 0.3) is 20.2 Å². The van der Waals surface area contributed by atoms with Gasteiger partial charge in [-0.15, -0.1) is 11.3 Å². The summed E-state index contributed by atoms with van der Waals surface area (Å²) in [4.78, 5) is 12.3. The van der Waals surface area contributed by atoms with Crippen molar-refractivity contribution in [3.63, 3.8) is 0 Å². The zero-order chi connectivity index (χ0) is 11.8. The highest BCUT2D eigenvalue weighted by Gasteiger charge is 2.05. The van der Waals surface area contributed by atoms with Crippen LogP contribution in [0.4, 0.5) is 0 Å². The lowest BCUT2D eigenvalue weighted by molar-refractivity contribution is 1.71. The highest BCUT2D eigenvalue weighted by atomic mass is 32.1. The van der Waals surface area contributed by atoms with Crippen LogP contribution >= 0.6 is 11.3 Å². The van der Waals surface area contributed by atoms with Crippen molar-refractivity contribution < 1.29 is 0 Å². The lowest BCUT2D eigenvalue weighted by Gasteiger charge is -2.01. The van der Waals surface area contributed by atoms with Crippen LogP contribution in [0.3, 0.4) is 0 Å². The standard InChI is InChI=1S/C14H8NOS/c15-8-9-5-6-13-11(7-9)14(16)10-3-1-2-4-12(10)17-13/h1-8H. The molecule has 0 aliphatic rings. The van der Waals surface area contributed by atoms with Gasteiger partial charge in [-0.2, -0.15) is 5.41 Å². The maximum atomic E-state index is 12.3. The zero-order valence-corrected chi connectivity index (χ0v) is 9.70. The van der Waals surface area contributed by atoms with E-state index in [1.54, 1.807) is 23.5 Å². The summed E-state index contributed by atoms with van der Waals surface area (Å²) in [5, 5.41) is 10.4. The van der Waals surface area contributed by atoms with Crippen molar-refractivity contribution in [1.29, 1.82) is 0 Å². The quantitative estimate of drug-likeness (QED) is 0.474. The van der Waals surface area contributed by atoms with Crippen molar-refractivity contribution in [2.24, 2.45) is 0 Å². The molecule has 1 aromatic heterocycles. The summed E-state index contributed by atoms with van der Waals surface area (Å²) in [5.74, 6) is 0. The van der Waals surface area contributed by atoms with E-state index in [2.05, 4.69) is 0 Å². The monoisotopic (exact) mass is 238 g/mol. The number of benzene rings is 2. The van der Waals surface area contributed by atoms with Crippen LogP contribution in [0.1, 0.15) is 5.56 Å². The Kier molecular flexibility index (Phi) is 2.27. The Hall–Kier alpha value is -2.00. The van der Waals surface area contributed by atoms with Crippen molar-refractivity contribution in [3.05, 3.63) is 58.3 Å². The van der Waals surface area contributed by atoms with Crippen LogP contribution in [-0.4, -0.2) is 6.21 Å². The van der Waals surface area contributed by atoms with E-state index < -0.39 is 0 Å². The maximum absolute atomic E-state index is 12.3. The topological polar surface area (TPSA) is 39.4 Å². The molecule has 0 fully saturated rings. The Bertz CT molecular complexity index is 789. The summed E-state index contributed by atoms with van der Waals surface area (Å²) in [6.07, 6.45) is 1.01. The predicted octanol–water partition coefficient (Wildman–Crippen LogP) is 2.63. The third kappa shape index (κ3) is 1.56. The first kappa shape index (κ1) is 10.2. The molecule has 1 heterocycles. The molecular weight excluding hydrogens is 230 g/mol. The zero-order valence-electron chi connectivity index (χ0n) is 8.88. The average molecular weight is 238 g/mol. The summed E-state index contributed by atoms with van der Waals surface area (Å²) in [6.45, 7) is 0. The molecule has 0 aliphatic carbocycles. The van der Waals surface area contributed by atoms with Gasteiger partial charge in [0.15, 0.2) is 5.43 Å². The summed E-state index contributed by atoms with van der Waals surface area (Å²) in [6, 6.07) is 13.0. The Morgan fingerprint density at radius 2 is 1.76 bits per heavy atom. The molecule has 81 valence electrons. The number of fused-ring (bicyclic) bond motifs is 2. The van der Waals surface area contributed by atoms with Crippen molar-refractivity contribution in [2.75, 3.05) is 0 Å². The Balaban J connectivity index is 2.55. The molecule has 2 nitrogen and oxygen atoms in total. The van der Waals surface area contributed by atoms with E-state index in [0.29, 0.717) is 10.9 Å². The fraction of sp³-hybridized carbons (Fsp3) is 0. The van der Waals surface area contributed by atoms with Gasteiger partial charge in [0, 0.05) is 20.2 Å². The molecule has 0 atom stereocenters. The average Bonchev–Trinajstić information content (AvgIpc) is 2.39. The molecule has 2 aromatic carbocycles. The molecule has 0 saturated carbocycles. The molecule has 0 unspecified atom stereocenters. The first-order chi connectivity index (χ1) is 8.29. The van der Waals surface area contributed by atoms with Gasteiger partial charge in [0.25, 0.3) is 0 Å². The third-order valence-electron chi connectivity index (χ3n) is 2.75. The minimum absolute atomic E-state index is 0.0260. The van der Waals surface area contributed by atoms with Crippen LogP contribution in [0.2, 0.25) is 0 Å². The SMILES string of the molecule is [N]=Cc1ccc2sc3ccccc3c(=O)c2c1. The van der Waals surface area contributed by atoms with Gasteiger partial charge < -0.3 is 0 Å². The summed E-state index contributed by atoms with van der Waals surface area (Å²) in [5.41, 5.74) is 0.676. The second-order valence-corrected chi connectivity index (χ2v) is 4.90. The summed E-state index contributed by atoms with van der Waals surface area (Å²) >= 11 is 1.59. The van der Waals surface area contributed by atoms with Crippen LogP contribution in [0.5, 0.6) is 0 Å². The van der Waals surface area contributed by atoms with Gasteiger partial charge in [-0.3, -0.25) is 4.79 Å². The minimum Gasteiger partial charge on any atom is -0.289 e. The second kappa shape index (κ2) is 3.79. The maximum Gasteiger partial charge on any atom is 0.195 e. The smallest absolute Gasteiger partial charge is 0.195 e. The normalized spacial score (nSPS) is 10.8. The van der Waals surface area contributed by atoms with Gasteiger partial charge in [0.2, 0.25) is 0 Å². The molecular formula is C14H8NOS. The first-order valence-electron chi connectivity index (χ1n) is 5.22. The van der Waals surface area contributed by atoms with Gasteiger partial charge in [0.1, 0.15) is 0 Å². The van der Waals surface area contributed by atoms with E-state index in [1.807, 2.05) is 30.3 Å². The molecule has 0 bridgehead atoms. The molecule has 0 amide bonds. The van der Waals surface area contributed by atoms with E-state index in [4.69, 9.17) is 5.41 Å². The molecule has 0 aliphatic heterocycles. The van der Waals surface area contributed by atoms with Gasteiger partial charge in [-0.1, -0.05) is 18.2 Å². The van der Waals surface area contributed by atoms with E-state index in [0.717, 1.165) is 21.0 Å². The second-order valence-electron chi connectivity index (χ2n) is 3.81. The largest absolute Gasteiger partial charge is 0.289 e. The fourth-order valence-electron chi connectivity index (χ4n) is 1.90. The Morgan fingerprint density at radius 3 is 2.59 bits per heavy atom. The van der Waals surface area contributed by atoms with Gasteiger partial charge >= 0.3 is 0 Å². The van der Waals surface area contributed by atoms with Crippen LogP contribution in [0, 0.1) is 0 Å². The molecule has 0 N–H and O–H groups in total. The van der Waals surface area contributed by atoms with Crippen molar-refractivity contribution in [1.82, 2.24) is 5.41 Å². The number of rotatable bonds is 1. The van der Waals surface area contributed by atoms with E-state index >= 15 is 0 Å². The molecule has 0 saturated heterocycles. The highest BCUT2D eigenvalue weighted by Crippen LogP contribution is 2.24. The minimum atomic E-state index is 0.0260. The number of hydrogen-bond donors (Lipinski definition) is 0. The predicted molar refractivity (Wildman–Crippen MR) is 72.9 cm³/mol. The van der Waals surface area contributed by atoms with Crippen LogP contribution in [-0.2, 0) is 0 Å². The molecule has 1 radical (unpaired) electrons. The van der Waals surface area contributed by atoms with Gasteiger partial charge in [-0.05, 0) is 29.8 Å². The summed E-state index contributed by atoms with van der Waals surface area (Å²) in [7, 11) is 0. The van der Waals surface area contributed by atoms with Crippen molar-refractivity contribution in [3.8, 4) is 0 Å².